The molecule has 0 spiro atoms. The Morgan fingerprint density at radius 2 is 1.71 bits per heavy atom. The van der Waals surface area contributed by atoms with Crippen molar-refractivity contribution >= 4 is 17.4 Å². The van der Waals surface area contributed by atoms with Gasteiger partial charge < -0.3 is 10.1 Å². The summed E-state index contributed by atoms with van der Waals surface area (Å²) in [6.07, 6.45) is 4.68. The number of rotatable bonds is 5. The summed E-state index contributed by atoms with van der Waals surface area (Å²) in [6, 6.07) is 12.9. The van der Waals surface area contributed by atoms with Crippen molar-refractivity contribution in [3.63, 3.8) is 0 Å². The molecule has 0 saturated carbocycles. The molecule has 4 heteroatoms. The minimum Gasteiger partial charge on any atom is -0.484 e. The van der Waals surface area contributed by atoms with E-state index >= 15 is 0 Å². The predicted molar refractivity (Wildman–Crippen MR) is 93.7 cm³/mol. The fourth-order valence-corrected chi connectivity index (χ4v) is 2.93. The lowest BCUT2D eigenvalue weighted by Gasteiger charge is -2.16. The molecule has 0 aliphatic heterocycles. The molecule has 0 atom stereocenters. The topological polar surface area (TPSA) is 55.4 Å². The maximum atomic E-state index is 12.0. The van der Waals surface area contributed by atoms with Crippen molar-refractivity contribution in [2.75, 3.05) is 11.9 Å². The summed E-state index contributed by atoms with van der Waals surface area (Å²) in [5, 5.41) is 2.77. The molecule has 0 unspecified atom stereocenters. The highest BCUT2D eigenvalue weighted by atomic mass is 16.5. The van der Waals surface area contributed by atoms with Crippen molar-refractivity contribution < 1.29 is 14.3 Å². The summed E-state index contributed by atoms with van der Waals surface area (Å²) >= 11 is 0. The van der Waals surface area contributed by atoms with E-state index in [1.54, 1.807) is 24.3 Å². The van der Waals surface area contributed by atoms with Gasteiger partial charge in [0, 0.05) is 11.3 Å². The normalized spacial score (nSPS) is 13.0. The van der Waals surface area contributed by atoms with Crippen LogP contribution in [0, 0.1) is 0 Å². The van der Waals surface area contributed by atoms with Crippen LogP contribution < -0.4 is 10.1 Å². The van der Waals surface area contributed by atoms with Gasteiger partial charge in [0.25, 0.3) is 5.91 Å². The monoisotopic (exact) mass is 323 g/mol. The molecule has 1 amide bonds. The van der Waals surface area contributed by atoms with Gasteiger partial charge in [-0.1, -0.05) is 6.07 Å². The van der Waals surface area contributed by atoms with E-state index in [0.29, 0.717) is 11.3 Å². The Labute approximate surface area is 141 Å². The number of hydrogen-bond donors (Lipinski definition) is 1. The van der Waals surface area contributed by atoms with E-state index in [1.165, 1.54) is 30.9 Å². The quantitative estimate of drug-likeness (QED) is 0.852. The molecule has 0 fully saturated rings. The number of anilines is 1. The van der Waals surface area contributed by atoms with Crippen LogP contribution in [0.1, 0.15) is 41.3 Å². The number of ketones is 1. The summed E-state index contributed by atoms with van der Waals surface area (Å²) in [7, 11) is 0. The number of ether oxygens (including phenoxy) is 1. The number of fused-ring (bicyclic) bond motifs is 1. The standard InChI is InChI=1S/C20H21NO3/c1-14(22)15-6-9-18(10-7-15)21-20(23)13-24-19-11-8-16-4-2-3-5-17(16)12-19/h6-12H,2-5,13H2,1H3,(H,21,23). The second kappa shape index (κ2) is 7.30. The van der Waals surface area contributed by atoms with Crippen LogP contribution in [-0.2, 0) is 17.6 Å². The van der Waals surface area contributed by atoms with Crippen molar-refractivity contribution in [1.82, 2.24) is 0 Å². The highest BCUT2D eigenvalue weighted by Crippen LogP contribution is 2.25. The van der Waals surface area contributed by atoms with Crippen molar-refractivity contribution in [3.05, 3.63) is 59.2 Å². The third-order valence-electron chi connectivity index (χ3n) is 4.27. The van der Waals surface area contributed by atoms with Gasteiger partial charge in [0.1, 0.15) is 5.75 Å². The van der Waals surface area contributed by atoms with Crippen LogP contribution in [-0.4, -0.2) is 18.3 Å². The van der Waals surface area contributed by atoms with E-state index in [2.05, 4.69) is 11.4 Å². The van der Waals surface area contributed by atoms with E-state index < -0.39 is 0 Å². The molecule has 0 saturated heterocycles. The predicted octanol–water partition coefficient (Wildman–Crippen LogP) is 3.79. The first-order valence-electron chi connectivity index (χ1n) is 8.27. The van der Waals surface area contributed by atoms with Crippen molar-refractivity contribution in [2.24, 2.45) is 0 Å². The Bertz CT molecular complexity index is 750. The van der Waals surface area contributed by atoms with Crippen LogP contribution in [0.25, 0.3) is 0 Å². The summed E-state index contributed by atoms with van der Waals surface area (Å²) in [4.78, 5) is 23.2. The molecular formula is C20H21NO3. The van der Waals surface area contributed by atoms with E-state index in [9.17, 15) is 9.59 Å². The van der Waals surface area contributed by atoms with Gasteiger partial charge in [0.2, 0.25) is 0 Å². The average Bonchev–Trinajstić information content (AvgIpc) is 2.60. The summed E-state index contributed by atoms with van der Waals surface area (Å²) in [6.45, 7) is 1.48. The lowest BCUT2D eigenvalue weighted by molar-refractivity contribution is -0.118. The number of nitrogens with one attached hydrogen (secondary N) is 1. The summed E-state index contributed by atoms with van der Waals surface area (Å²) < 4.78 is 5.60. The molecule has 0 heterocycles. The zero-order valence-corrected chi connectivity index (χ0v) is 13.8. The van der Waals surface area contributed by atoms with Crippen molar-refractivity contribution in [2.45, 2.75) is 32.6 Å². The van der Waals surface area contributed by atoms with Gasteiger partial charge in [-0.2, -0.15) is 0 Å². The van der Waals surface area contributed by atoms with Crippen LogP contribution >= 0.6 is 0 Å². The van der Waals surface area contributed by atoms with Gasteiger partial charge in [-0.15, -0.1) is 0 Å². The smallest absolute Gasteiger partial charge is 0.262 e. The third kappa shape index (κ3) is 4.02. The molecule has 4 nitrogen and oxygen atoms in total. The van der Waals surface area contributed by atoms with E-state index in [4.69, 9.17) is 4.74 Å². The molecule has 1 aliphatic rings. The largest absolute Gasteiger partial charge is 0.484 e. The van der Waals surface area contributed by atoms with Gasteiger partial charge in [0.15, 0.2) is 12.4 Å². The molecule has 1 aliphatic carbocycles. The lowest BCUT2D eigenvalue weighted by Crippen LogP contribution is -2.20. The Balaban J connectivity index is 1.54. The van der Waals surface area contributed by atoms with E-state index in [0.717, 1.165) is 18.6 Å². The first-order chi connectivity index (χ1) is 11.6. The Hall–Kier alpha value is -2.62. The molecule has 1 N–H and O–H groups in total. The zero-order valence-electron chi connectivity index (χ0n) is 13.8. The maximum Gasteiger partial charge on any atom is 0.262 e. The summed E-state index contributed by atoms with van der Waals surface area (Å²) in [5.41, 5.74) is 4.00. The van der Waals surface area contributed by atoms with Gasteiger partial charge in [-0.3, -0.25) is 9.59 Å². The number of benzene rings is 2. The molecular weight excluding hydrogens is 302 g/mol. The Morgan fingerprint density at radius 1 is 1.00 bits per heavy atom. The van der Waals surface area contributed by atoms with Gasteiger partial charge in [0.05, 0.1) is 0 Å². The highest BCUT2D eigenvalue weighted by molar-refractivity contribution is 5.95. The zero-order chi connectivity index (χ0) is 16.9. The molecule has 2 aromatic carbocycles. The van der Waals surface area contributed by atoms with Crippen molar-refractivity contribution in [3.8, 4) is 5.75 Å². The SMILES string of the molecule is CC(=O)c1ccc(NC(=O)COc2ccc3c(c2)CCCC3)cc1. The minimum absolute atomic E-state index is 0.00335. The van der Waals surface area contributed by atoms with Gasteiger partial charge >= 0.3 is 0 Å². The first kappa shape index (κ1) is 16.2. The first-order valence-corrected chi connectivity index (χ1v) is 8.27. The van der Waals surface area contributed by atoms with Crippen molar-refractivity contribution in [1.29, 1.82) is 0 Å². The molecule has 24 heavy (non-hydrogen) atoms. The number of Topliss-reactive ketones (excluding diaryl/α,β-unsaturated/α-hetero) is 1. The van der Waals surface area contributed by atoms with Gasteiger partial charge in [-0.05, 0) is 80.1 Å². The average molecular weight is 323 g/mol. The van der Waals surface area contributed by atoms with Gasteiger partial charge in [-0.25, -0.2) is 0 Å². The highest BCUT2D eigenvalue weighted by Gasteiger charge is 2.11. The number of amides is 1. The molecule has 2 aromatic rings. The number of carbonyl (C=O) groups excluding carboxylic acids is 2. The van der Waals surface area contributed by atoms with Crippen LogP contribution in [0.3, 0.4) is 0 Å². The second-order valence-electron chi connectivity index (χ2n) is 6.11. The minimum atomic E-state index is -0.219. The number of aryl methyl sites for hydroxylation is 2. The van der Waals surface area contributed by atoms with Crippen LogP contribution in [0.2, 0.25) is 0 Å². The molecule has 0 aromatic heterocycles. The molecule has 124 valence electrons. The van der Waals surface area contributed by atoms with Crippen LogP contribution in [0.4, 0.5) is 5.69 Å². The third-order valence-corrected chi connectivity index (χ3v) is 4.27. The molecule has 0 bridgehead atoms. The molecule has 3 rings (SSSR count). The van der Waals surface area contributed by atoms with Crippen LogP contribution in [0.15, 0.2) is 42.5 Å². The van der Waals surface area contributed by atoms with E-state index in [1.807, 2.05) is 12.1 Å². The summed E-state index contributed by atoms with van der Waals surface area (Å²) in [5.74, 6) is 0.518. The van der Waals surface area contributed by atoms with E-state index in [-0.39, 0.29) is 18.3 Å². The number of carbonyl (C=O) groups is 2. The fourth-order valence-electron chi connectivity index (χ4n) is 2.93. The van der Waals surface area contributed by atoms with Crippen LogP contribution in [0.5, 0.6) is 5.75 Å². The number of hydrogen-bond acceptors (Lipinski definition) is 3. The fraction of sp³-hybridized carbons (Fsp3) is 0.300. The Kier molecular flexibility index (Phi) is 4.94. The second-order valence-corrected chi connectivity index (χ2v) is 6.11. The Morgan fingerprint density at radius 3 is 2.42 bits per heavy atom. The molecule has 0 radical (unpaired) electrons. The lowest BCUT2D eigenvalue weighted by atomic mass is 9.92. The maximum absolute atomic E-state index is 12.0.